The lowest BCUT2D eigenvalue weighted by atomic mass is 9.73. The molecule has 52 heavy (non-hydrogen) atoms. The van der Waals surface area contributed by atoms with E-state index < -0.39 is 0 Å². The minimum atomic E-state index is -0.232. The number of ether oxygens (including phenoxy) is 1. The SMILES string of the molecule is Cc1cnc(N2CC3(CCOCC3)C2)c(C(=O)Nc2ccc(C(=O)N3CCc4cc(C(=O)c5nc6ccccc6[nH]5)sc4-c4ccccc43)cc2)c1. The number of carbonyl (C=O) groups excluding carboxylic acids is 3. The number of imidazole rings is 1. The highest BCUT2D eigenvalue weighted by molar-refractivity contribution is 7.17. The van der Waals surface area contributed by atoms with Gasteiger partial charge in [0.05, 0.1) is 27.2 Å². The monoisotopic (exact) mass is 708 g/mol. The number of hydrogen-bond donors (Lipinski definition) is 2. The van der Waals surface area contributed by atoms with Crippen molar-refractivity contribution >= 4 is 57.2 Å². The zero-order valence-corrected chi connectivity index (χ0v) is 29.5. The Morgan fingerprint density at radius 1 is 0.942 bits per heavy atom. The summed E-state index contributed by atoms with van der Waals surface area (Å²) in [4.78, 5) is 59.1. The minimum absolute atomic E-state index is 0.135. The van der Waals surface area contributed by atoms with Crippen LogP contribution in [0.15, 0.2) is 91.1 Å². The Morgan fingerprint density at radius 2 is 1.71 bits per heavy atom. The molecule has 10 nitrogen and oxygen atoms in total. The predicted molar refractivity (Wildman–Crippen MR) is 203 cm³/mol. The molecular weight excluding hydrogens is 673 g/mol. The van der Waals surface area contributed by atoms with E-state index in [0.717, 1.165) is 77.4 Å². The van der Waals surface area contributed by atoms with Gasteiger partial charge in [-0.2, -0.15) is 0 Å². The van der Waals surface area contributed by atoms with Gasteiger partial charge in [-0.3, -0.25) is 14.4 Å². The molecule has 0 atom stereocenters. The highest BCUT2D eigenvalue weighted by Gasteiger charge is 2.45. The maximum absolute atomic E-state index is 14.1. The number of nitrogens with zero attached hydrogens (tertiary/aromatic N) is 4. The van der Waals surface area contributed by atoms with Crippen molar-refractivity contribution in [3.8, 4) is 10.4 Å². The van der Waals surface area contributed by atoms with Crippen LogP contribution in [0.5, 0.6) is 0 Å². The molecule has 2 fully saturated rings. The van der Waals surface area contributed by atoms with Crippen LogP contribution in [0.3, 0.4) is 0 Å². The summed E-state index contributed by atoms with van der Waals surface area (Å²) in [5, 5.41) is 3.03. The number of hydrogen-bond acceptors (Lipinski definition) is 8. The van der Waals surface area contributed by atoms with Gasteiger partial charge in [0, 0.05) is 66.2 Å². The molecule has 6 aromatic rings. The summed E-state index contributed by atoms with van der Waals surface area (Å²) in [6, 6.07) is 26.3. The van der Waals surface area contributed by atoms with Crippen molar-refractivity contribution in [3.63, 3.8) is 0 Å². The van der Waals surface area contributed by atoms with E-state index in [1.54, 1.807) is 29.2 Å². The lowest BCUT2D eigenvalue weighted by Gasteiger charge is -2.53. The molecule has 11 heteroatoms. The highest BCUT2D eigenvalue weighted by Crippen LogP contribution is 2.44. The quantitative estimate of drug-likeness (QED) is 0.174. The van der Waals surface area contributed by atoms with Gasteiger partial charge in [0.2, 0.25) is 5.78 Å². The van der Waals surface area contributed by atoms with E-state index in [2.05, 4.69) is 25.2 Å². The van der Waals surface area contributed by atoms with Gasteiger partial charge >= 0.3 is 0 Å². The third-order valence-corrected chi connectivity index (χ3v) is 11.7. The number of aromatic nitrogens is 3. The number of ketones is 1. The van der Waals surface area contributed by atoms with Crippen molar-refractivity contribution in [2.45, 2.75) is 26.2 Å². The van der Waals surface area contributed by atoms with Crippen LogP contribution in [-0.4, -0.2) is 65.4 Å². The van der Waals surface area contributed by atoms with Gasteiger partial charge < -0.3 is 24.8 Å². The normalized spacial score (nSPS) is 16.2. The van der Waals surface area contributed by atoms with Crippen LogP contribution in [0, 0.1) is 12.3 Å². The smallest absolute Gasteiger partial charge is 0.259 e. The van der Waals surface area contributed by atoms with Crippen molar-refractivity contribution in [2.75, 3.05) is 48.0 Å². The predicted octanol–water partition coefficient (Wildman–Crippen LogP) is 7.30. The summed E-state index contributed by atoms with van der Waals surface area (Å²) in [7, 11) is 0. The second kappa shape index (κ2) is 12.8. The first-order valence-corrected chi connectivity index (χ1v) is 18.4. The van der Waals surface area contributed by atoms with Gasteiger partial charge in [0.1, 0.15) is 5.82 Å². The number of H-pyrrole nitrogens is 1. The summed E-state index contributed by atoms with van der Waals surface area (Å²) in [5.41, 5.74) is 7.11. The molecule has 0 aliphatic carbocycles. The van der Waals surface area contributed by atoms with Crippen LogP contribution < -0.4 is 15.1 Å². The van der Waals surface area contributed by atoms with Crippen LogP contribution in [0.2, 0.25) is 0 Å². The molecule has 260 valence electrons. The van der Waals surface area contributed by atoms with Crippen molar-refractivity contribution in [3.05, 3.63) is 124 Å². The minimum Gasteiger partial charge on any atom is -0.381 e. The number of thiophene rings is 1. The average Bonchev–Trinajstić information content (AvgIpc) is 3.76. The van der Waals surface area contributed by atoms with E-state index in [1.807, 2.05) is 73.8 Å². The van der Waals surface area contributed by atoms with E-state index in [9.17, 15) is 14.4 Å². The molecule has 3 aromatic heterocycles. The largest absolute Gasteiger partial charge is 0.381 e. The molecule has 3 aliphatic heterocycles. The molecule has 3 aromatic carbocycles. The second-order valence-electron chi connectivity index (χ2n) is 14.0. The first-order valence-electron chi connectivity index (χ1n) is 17.6. The maximum Gasteiger partial charge on any atom is 0.259 e. The summed E-state index contributed by atoms with van der Waals surface area (Å²) in [6.07, 6.45) is 4.47. The molecule has 0 unspecified atom stereocenters. The summed E-state index contributed by atoms with van der Waals surface area (Å²) < 4.78 is 5.57. The number of pyridine rings is 1. The lowest BCUT2D eigenvalue weighted by Crippen LogP contribution is -2.59. The van der Waals surface area contributed by atoms with E-state index in [1.165, 1.54) is 11.3 Å². The van der Waals surface area contributed by atoms with E-state index in [-0.39, 0.29) is 23.0 Å². The van der Waals surface area contributed by atoms with Gasteiger partial charge in [-0.1, -0.05) is 30.3 Å². The van der Waals surface area contributed by atoms with Gasteiger partial charge in [-0.05, 0) is 91.9 Å². The van der Waals surface area contributed by atoms with Crippen LogP contribution in [-0.2, 0) is 11.2 Å². The first kappa shape index (κ1) is 32.3. The van der Waals surface area contributed by atoms with Crippen molar-refractivity contribution in [1.82, 2.24) is 15.0 Å². The van der Waals surface area contributed by atoms with Crippen LogP contribution in [0.4, 0.5) is 17.2 Å². The Bertz CT molecular complexity index is 2330. The number of fused-ring (bicyclic) bond motifs is 4. The Morgan fingerprint density at radius 3 is 2.52 bits per heavy atom. The van der Waals surface area contributed by atoms with Gasteiger partial charge in [-0.25, -0.2) is 9.97 Å². The lowest BCUT2D eigenvalue weighted by molar-refractivity contribution is -0.000511. The second-order valence-corrected chi connectivity index (χ2v) is 15.1. The molecule has 0 saturated carbocycles. The zero-order valence-electron chi connectivity index (χ0n) is 28.6. The highest BCUT2D eigenvalue weighted by atomic mass is 32.1. The van der Waals surface area contributed by atoms with Crippen LogP contribution >= 0.6 is 11.3 Å². The van der Waals surface area contributed by atoms with E-state index in [0.29, 0.717) is 46.3 Å². The molecule has 2 saturated heterocycles. The maximum atomic E-state index is 14.1. The Balaban J connectivity index is 0.918. The number of carbonyl (C=O) groups is 3. The fraction of sp³-hybridized carbons (Fsp3) is 0.244. The fourth-order valence-electron chi connectivity index (χ4n) is 7.66. The number of para-hydroxylation sites is 3. The third kappa shape index (κ3) is 5.75. The number of rotatable bonds is 6. The molecule has 0 radical (unpaired) electrons. The van der Waals surface area contributed by atoms with E-state index >= 15 is 0 Å². The number of aromatic amines is 1. The molecule has 3 aliphatic rings. The van der Waals surface area contributed by atoms with Crippen LogP contribution in [0.25, 0.3) is 21.5 Å². The summed E-state index contributed by atoms with van der Waals surface area (Å²) in [6.45, 7) is 5.70. The first-order chi connectivity index (χ1) is 25.3. The fourth-order valence-corrected chi connectivity index (χ4v) is 8.85. The number of amides is 2. The van der Waals surface area contributed by atoms with E-state index in [4.69, 9.17) is 4.74 Å². The zero-order chi connectivity index (χ0) is 35.4. The number of benzene rings is 3. The van der Waals surface area contributed by atoms with Crippen LogP contribution in [0.1, 0.15) is 60.2 Å². The number of nitrogens with one attached hydrogen (secondary N) is 2. The van der Waals surface area contributed by atoms with Gasteiger partial charge in [0.15, 0.2) is 5.82 Å². The summed E-state index contributed by atoms with van der Waals surface area (Å²) >= 11 is 1.43. The molecular formula is C41H36N6O4S. The number of aryl methyl sites for hydroxylation is 1. The molecule has 9 rings (SSSR count). The standard InChI is InChI=1S/C41H36N6O4S/c1-25-20-30(38(42-22-25)46-23-41(24-46)15-18-51-19-16-41)39(49)43-28-12-10-26(11-13-28)40(50)47-17-14-27-21-34(52-36(27)29-6-2-5-9-33(29)47)35(48)37-44-31-7-3-4-8-32(31)45-37/h2-13,20-22H,14-19,23-24H2,1H3,(H,43,49)(H,44,45). The van der Waals surface area contributed by atoms with Crippen molar-refractivity contribution in [1.29, 1.82) is 0 Å². The number of anilines is 3. The molecule has 2 N–H and O–H groups in total. The van der Waals surface area contributed by atoms with Gasteiger partial charge in [0.25, 0.3) is 11.8 Å². The average molecular weight is 709 g/mol. The van der Waals surface area contributed by atoms with Gasteiger partial charge in [-0.15, -0.1) is 11.3 Å². The molecule has 2 amide bonds. The Kier molecular flexibility index (Phi) is 7.97. The molecule has 1 spiro atoms. The topological polar surface area (TPSA) is 121 Å². The van der Waals surface area contributed by atoms with Crippen molar-refractivity contribution < 1.29 is 19.1 Å². The Labute approximate surface area is 304 Å². The molecule has 0 bridgehead atoms. The summed E-state index contributed by atoms with van der Waals surface area (Å²) in [5.74, 6) is 0.503. The third-order valence-electron chi connectivity index (χ3n) is 10.5. The Hall–Kier alpha value is -5.65. The molecule has 6 heterocycles. The van der Waals surface area contributed by atoms with Crippen molar-refractivity contribution in [2.24, 2.45) is 5.41 Å².